The van der Waals surface area contributed by atoms with Crippen LogP contribution >= 0.6 is 0 Å². The van der Waals surface area contributed by atoms with E-state index in [-0.39, 0.29) is 5.56 Å². The van der Waals surface area contributed by atoms with E-state index in [0.29, 0.717) is 13.1 Å². The molecule has 6 rings (SSSR count). The van der Waals surface area contributed by atoms with Gasteiger partial charge in [-0.2, -0.15) is 0 Å². The summed E-state index contributed by atoms with van der Waals surface area (Å²) in [4.78, 5) is 14.5. The first-order valence-corrected chi connectivity index (χ1v) is 13.1. The fraction of sp³-hybridized carbons (Fsp3) is 0.147. The van der Waals surface area contributed by atoms with Crippen molar-refractivity contribution in [2.45, 2.75) is 32.9 Å². The summed E-state index contributed by atoms with van der Waals surface area (Å²) in [5.74, 6) is 0. The van der Waals surface area contributed by atoms with Gasteiger partial charge in [-0.25, -0.2) is 0 Å². The van der Waals surface area contributed by atoms with Gasteiger partial charge in [0.1, 0.15) is 5.52 Å². The van der Waals surface area contributed by atoms with Crippen molar-refractivity contribution in [3.05, 3.63) is 131 Å². The maximum atomic E-state index is 14.5. The van der Waals surface area contributed by atoms with Crippen LogP contribution in [0.5, 0.6) is 0 Å². The molecule has 4 aromatic carbocycles. The molecule has 2 heterocycles. The summed E-state index contributed by atoms with van der Waals surface area (Å²) in [5.41, 5.74) is 7.44. The molecule has 3 nitrogen and oxygen atoms in total. The molecule has 2 aromatic heterocycles. The van der Waals surface area contributed by atoms with Gasteiger partial charge in [-0.1, -0.05) is 123 Å². The van der Waals surface area contributed by atoms with Crippen LogP contribution in [-0.4, -0.2) is 9.13 Å². The average Bonchev–Trinajstić information content (AvgIpc) is 3.28. The number of fused-ring (bicyclic) bond motifs is 3. The maximum Gasteiger partial charge on any atom is 0.275 e. The van der Waals surface area contributed by atoms with Gasteiger partial charge in [0.25, 0.3) is 5.56 Å². The Balaban J connectivity index is 1.82. The second kappa shape index (κ2) is 9.94. The van der Waals surface area contributed by atoms with E-state index in [0.717, 1.165) is 57.0 Å². The normalized spacial score (nSPS) is 11.4. The second-order valence-electron chi connectivity index (χ2n) is 9.58. The van der Waals surface area contributed by atoms with Gasteiger partial charge in [0, 0.05) is 34.9 Å². The monoisotopic (exact) mass is 482 g/mol. The number of benzene rings is 4. The Morgan fingerprint density at radius 2 is 1.24 bits per heavy atom. The predicted molar refractivity (Wildman–Crippen MR) is 155 cm³/mol. The minimum atomic E-state index is 0.0779. The highest BCUT2D eigenvalue weighted by molar-refractivity contribution is 6.17. The summed E-state index contributed by atoms with van der Waals surface area (Å²) in [6.45, 7) is 3.51. The number of hydrogen-bond donors (Lipinski definition) is 0. The van der Waals surface area contributed by atoms with Crippen LogP contribution in [0.15, 0.2) is 120 Å². The van der Waals surface area contributed by atoms with Crippen LogP contribution in [-0.2, 0) is 13.1 Å². The van der Waals surface area contributed by atoms with Crippen LogP contribution in [0.1, 0.15) is 25.3 Å². The molecule has 37 heavy (non-hydrogen) atoms. The van der Waals surface area contributed by atoms with Crippen molar-refractivity contribution < 1.29 is 0 Å². The lowest BCUT2D eigenvalue weighted by atomic mass is 9.94. The molecule has 0 fully saturated rings. The molecule has 3 heteroatoms. The van der Waals surface area contributed by atoms with Gasteiger partial charge >= 0.3 is 0 Å². The number of rotatable bonds is 7. The lowest BCUT2D eigenvalue weighted by molar-refractivity contribution is 0.620. The van der Waals surface area contributed by atoms with Gasteiger partial charge in [-0.3, -0.25) is 4.79 Å². The number of para-hydroxylation sites is 1. The molecule has 0 aliphatic heterocycles. The molecular weight excluding hydrogens is 452 g/mol. The first-order valence-electron chi connectivity index (χ1n) is 13.1. The third-order valence-electron chi connectivity index (χ3n) is 7.20. The quantitative estimate of drug-likeness (QED) is 0.226. The Morgan fingerprint density at radius 1 is 0.649 bits per heavy atom. The molecule has 0 radical (unpaired) electrons. The van der Waals surface area contributed by atoms with E-state index in [1.54, 1.807) is 0 Å². The molecule has 182 valence electrons. The van der Waals surface area contributed by atoms with Gasteiger partial charge in [0.15, 0.2) is 0 Å². The minimum absolute atomic E-state index is 0.0779. The van der Waals surface area contributed by atoms with Gasteiger partial charge in [0.2, 0.25) is 0 Å². The Kier molecular flexibility index (Phi) is 6.20. The van der Waals surface area contributed by atoms with Crippen LogP contribution in [0.3, 0.4) is 0 Å². The summed E-state index contributed by atoms with van der Waals surface area (Å²) in [6.07, 6.45) is 1.96. The molecule has 0 N–H and O–H groups in total. The van der Waals surface area contributed by atoms with Crippen LogP contribution in [0.4, 0.5) is 0 Å². The van der Waals surface area contributed by atoms with Crippen molar-refractivity contribution in [2.24, 2.45) is 0 Å². The maximum absolute atomic E-state index is 14.5. The third kappa shape index (κ3) is 4.07. The lowest BCUT2D eigenvalue weighted by Crippen LogP contribution is -2.25. The zero-order valence-corrected chi connectivity index (χ0v) is 21.1. The van der Waals surface area contributed by atoms with Crippen LogP contribution in [0.25, 0.3) is 44.2 Å². The fourth-order valence-electron chi connectivity index (χ4n) is 5.50. The second-order valence-corrected chi connectivity index (χ2v) is 9.58. The van der Waals surface area contributed by atoms with Crippen molar-refractivity contribution >= 4 is 21.8 Å². The number of unbranched alkanes of at least 4 members (excludes halogenated alkanes) is 1. The van der Waals surface area contributed by atoms with Crippen LogP contribution in [0.2, 0.25) is 0 Å². The number of hydrogen-bond acceptors (Lipinski definition) is 1. The molecule has 0 unspecified atom stereocenters. The van der Waals surface area contributed by atoms with E-state index in [1.165, 1.54) is 5.56 Å². The highest BCUT2D eigenvalue weighted by Crippen LogP contribution is 2.41. The zero-order valence-electron chi connectivity index (χ0n) is 21.1. The molecule has 6 aromatic rings. The summed E-state index contributed by atoms with van der Waals surface area (Å²) in [5, 5.41) is 2.15. The van der Waals surface area contributed by atoms with E-state index < -0.39 is 0 Å². The molecule has 0 saturated carbocycles. The molecule has 0 spiro atoms. The smallest absolute Gasteiger partial charge is 0.275 e. The molecule has 0 aliphatic rings. The molecule has 0 amide bonds. The average molecular weight is 483 g/mol. The van der Waals surface area contributed by atoms with E-state index in [2.05, 4.69) is 115 Å². The van der Waals surface area contributed by atoms with Gasteiger partial charge < -0.3 is 9.13 Å². The van der Waals surface area contributed by atoms with Crippen molar-refractivity contribution in [1.82, 2.24) is 9.13 Å². The van der Waals surface area contributed by atoms with Crippen molar-refractivity contribution in [3.63, 3.8) is 0 Å². The van der Waals surface area contributed by atoms with E-state index in [1.807, 2.05) is 16.7 Å². The molecular formula is C34H30N2O. The topological polar surface area (TPSA) is 26.9 Å². The number of nitrogens with zero attached hydrogens (tertiary/aromatic N) is 2. The van der Waals surface area contributed by atoms with Crippen LogP contribution < -0.4 is 5.56 Å². The van der Waals surface area contributed by atoms with Gasteiger partial charge in [-0.15, -0.1) is 0 Å². The standard InChI is InChI=1S/C34H30N2O/c1-2-3-23-35-32(27-19-11-6-12-20-27)30(26-17-9-5-10-18-26)31-28-21-13-14-22-29(28)36(33(31)34(35)37)24-25-15-7-4-8-16-25/h4-22H,2-3,23-24H2,1H3. The third-order valence-corrected chi connectivity index (χ3v) is 7.20. The summed E-state index contributed by atoms with van der Waals surface area (Å²) >= 11 is 0. The van der Waals surface area contributed by atoms with E-state index in [4.69, 9.17) is 0 Å². The number of aromatic nitrogens is 2. The van der Waals surface area contributed by atoms with E-state index in [9.17, 15) is 4.79 Å². The number of pyridine rings is 1. The Hall–Kier alpha value is -4.37. The van der Waals surface area contributed by atoms with Gasteiger partial charge in [0.05, 0.1) is 5.69 Å². The molecule has 0 aliphatic carbocycles. The Labute approximate surface area is 217 Å². The zero-order chi connectivity index (χ0) is 25.2. The predicted octanol–water partition coefficient (Wildman–Crippen LogP) is 8.14. The van der Waals surface area contributed by atoms with Crippen LogP contribution in [0, 0.1) is 0 Å². The van der Waals surface area contributed by atoms with Crippen molar-refractivity contribution in [2.75, 3.05) is 0 Å². The fourth-order valence-corrected chi connectivity index (χ4v) is 5.50. The molecule has 0 bridgehead atoms. The van der Waals surface area contributed by atoms with Gasteiger partial charge in [-0.05, 0) is 29.2 Å². The first-order chi connectivity index (χ1) is 18.3. The first kappa shape index (κ1) is 23.1. The molecule has 0 saturated heterocycles. The molecule has 0 atom stereocenters. The Morgan fingerprint density at radius 3 is 1.92 bits per heavy atom. The van der Waals surface area contributed by atoms with Crippen molar-refractivity contribution in [3.8, 4) is 22.4 Å². The van der Waals surface area contributed by atoms with E-state index >= 15 is 0 Å². The lowest BCUT2D eigenvalue weighted by Gasteiger charge is -2.20. The summed E-state index contributed by atoms with van der Waals surface area (Å²) < 4.78 is 4.26. The largest absolute Gasteiger partial charge is 0.331 e. The highest BCUT2D eigenvalue weighted by atomic mass is 16.1. The minimum Gasteiger partial charge on any atom is -0.331 e. The summed E-state index contributed by atoms with van der Waals surface area (Å²) in [6, 6.07) is 39.8. The summed E-state index contributed by atoms with van der Waals surface area (Å²) in [7, 11) is 0. The highest BCUT2D eigenvalue weighted by Gasteiger charge is 2.25. The Bertz CT molecular complexity index is 1730. The SMILES string of the molecule is CCCCn1c(-c2ccccc2)c(-c2ccccc2)c2c3ccccc3n(Cc3ccccc3)c2c1=O. The van der Waals surface area contributed by atoms with Crippen molar-refractivity contribution in [1.29, 1.82) is 0 Å².